The van der Waals surface area contributed by atoms with E-state index in [9.17, 15) is 4.79 Å². The van der Waals surface area contributed by atoms with E-state index in [1.165, 1.54) is 19.3 Å². The minimum absolute atomic E-state index is 0.118. The number of piperazine rings is 1. The second kappa shape index (κ2) is 6.04. The number of rotatable bonds is 1. The average molecular weight is 253 g/mol. The summed E-state index contributed by atoms with van der Waals surface area (Å²) in [6.07, 6.45) is 6.06. The van der Waals surface area contributed by atoms with Crippen molar-refractivity contribution in [3.05, 3.63) is 0 Å². The van der Waals surface area contributed by atoms with Crippen LogP contribution in [0.15, 0.2) is 4.99 Å². The lowest BCUT2D eigenvalue weighted by atomic mass is 9.96. The predicted molar refractivity (Wildman–Crippen MR) is 70.8 cm³/mol. The molecule has 1 heterocycles. The maximum absolute atomic E-state index is 11.7. The van der Waals surface area contributed by atoms with Crippen molar-refractivity contribution in [3.63, 3.8) is 0 Å². The second-order valence-corrected chi connectivity index (χ2v) is 5.13. The number of nitrogens with one attached hydrogen (secondary N) is 1. The van der Waals surface area contributed by atoms with Crippen LogP contribution in [-0.4, -0.2) is 54.4 Å². The highest BCUT2D eigenvalue weighted by molar-refractivity contribution is 5.87. The molecule has 1 aliphatic heterocycles. The van der Waals surface area contributed by atoms with Gasteiger partial charge in [0.15, 0.2) is 0 Å². The molecule has 0 aromatic carbocycles. The van der Waals surface area contributed by atoms with Crippen LogP contribution in [0.4, 0.5) is 0 Å². The number of guanidine groups is 1. The van der Waals surface area contributed by atoms with E-state index in [1.54, 1.807) is 4.90 Å². The fourth-order valence-corrected chi connectivity index (χ4v) is 2.53. The van der Waals surface area contributed by atoms with E-state index in [4.69, 9.17) is 5.84 Å². The van der Waals surface area contributed by atoms with Crippen LogP contribution in [-0.2, 0) is 4.79 Å². The Labute approximate surface area is 108 Å². The number of hydrogen-bond donors (Lipinski definition) is 2. The number of nitrogens with two attached hydrogens (primary N) is 1. The molecule has 0 aromatic heterocycles. The molecule has 0 atom stereocenters. The quantitative estimate of drug-likeness (QED) is 0.296. The molecule has 1 saturated heterocycles. The molecule has 2 rings (SSSR count). The van der Waals surface area contributed by atoms with Crippen molar-refractivity contribution in [1.82, 2.24) is 15.2 Å². The first-order valence-corrected chi connectivity index (χ1v) is 6.74. The number of likely N-dealkylation sites (N-methyl/N-ethyl adjacent to an activating group) is 1. The molecular weight excluding hydrogens is 230 g/mol. The van der Waals surface area contributed by atoms with Crippen molar-refractivity contribution in [2.75, 3.05) is 26.7 Å². The second-order valence-electron chi connectivity index (χ2n) is 5.13. The third kappa shape index (κ3) is 3.13. The topological polar surface area (TPSA) is 74.0 Å². The Morgan fingerprint density at radius 3 is 2.67 bits per heavy atom. The predicted octanol–water partition coefficient (Wildman–Crippen LogP) is -0.0876. The summed E-state index contributed by atoms with van der Waals surface area (Å²) in [6, 6.07) is 0.361. The van der Waals surface area contributed by atoms with Crippen LogP contribution in [0.3, 0.4) is 0 Å². The Morgan fingerprint density at radius 2 is 2.06 bits per heavy atom. The van der Waals surface area contributed by atoms with Crippen LogP contribution in [0.1, 0.15) is 32.1 Å². The lowest BCUT2D eigenvalue weighted by Crippen LogP contribution is -2.55. The molecule has 18 heavy (non-hydrogen) atoms. The zero-order chi connectivity index (χ0) is 13.0. The average Bonchev–Trinajstić information content (AvgIpc) is 2.40. The van der Waals surface area contributed by atoms with Gasteiger partial charge in [-0.1, -0.05) is 19.3 Å². The van der Waals surface area contributed by atoms with Gasteiger partial charge in [0.2, 0.25) is 11.9 Å². The molecule has 0 radical (unpaired) electrons. The highest BCUT2D eigenvalue weighted by atomic mass is 16.2. The van der Waals surface area contributed by atoms with Gasteiger partial charge in [-0.25, -0.2) is 10.8 Å². The van der Waals surface area contributed by atoms with Crippen LogP contribution in [0.2, 0.25) is 0 Å². The van der Waals surface area contributed by atoms with Crippen LogP contribution in [0.25, 0.3) is 0 Å². The number of carbonyl (C=O) groups is 1. The monoisotopic (exact) mass is 253 g/mol. The largest absolute Gasteiger partial charge is 0.342 e. The van der Waals surface area contributed by atoms with E-state index in [1.807, 2.05) is 11.9 Å². The van der Waals surface area contributed by atoms with Gasteiger partial charge < -0.3 is 9.80 Å². The zero-order valence-corrected chi connectivity index (χ0v) is 11.1. The SMILES string of the molecule is CN1CCN(C(=NC2CCCCC2)NN)CC1=O. The lowest BCUT2D eigenvalue weighted by molar-refractivity contribution is -0.132. The molecule has 0 unspecified atom stereocenters. The minimum atomic E-state index is 0.118. The highest BCUT2D eigenvalue weighted by Gasteiger charge is 2.24. The fourth-order valence-electron chi connectivity index (χ4n) is 2.53. The fraction of sp³-hybridized carbons (Fsp3) is 0.833. The van der Waals surface area contributed by atoms with Gasteiger partial charge in [-0.3, -0.25) is 10.2 Å². The Morgan fingerprint density at radius 1 is 1.33 bits per heavy atom. The van der Waals surface area contributed by atoms with E-state index < -0.39 is 0 Å². The van der Waals surface area contributed by atoms with Gasteiger partial charge in [0.05, 0.1) is 12.6 Å². The van der Waals surface area contributed by atoms with E-state index in [-0.39, 0.29) is 5.91 Å². The number of hydrazine groups is 1. The molecular formula is C12H23N5O. The molecule has 6 nitrogen and oxygen atoms in total. The zero-order valence-electron chi connectivity index (χ0n) is 11.1. The molecule has 1 saturated carbocycles. The molecule has 1 aliphatic carbocycles. The van der Waals surface area contributed by atoms with Crippen molar-refractivity contribution in [2.45, 2.75) is 38.1 Å². The molecule has 2 aliphatic rings. The summed E-state index contributed by atoms with van der Waals surface area (Å²) >= 11 is 0. The number of aliphatic imine (C=N–C) groups is 1. The molecule has 102 valence electrons. The number of carbonyl (C=O) groups excluding carboxylic acids is 1. The minimum Gasteiger partial charge on any atom is -0.342 e. The molecule has 3 N–H and O–H groups in total. The number of nitrogens with zero attached hydrogens (tertiary/aromatic N) is 3. The maximum atomic E-state index is 11.7. The van der Waals surface area contributed by atoms with Crippen LogP contribution < -0.4 is 11.3 Å². The Hall–Kier alpha value is -1.30. The summed E-state index contributed by atoms with van der Waals surface area (Å²) in [5.41, 5.74) is 2.66. The first-order valence-electron chi connectivity index (χ1n) is 6.74. The summed E-state index contributed by atoms with van der Waals surface area (Å²) in [6.45, 7) is 1.88. The summed E-state index contributed by atoms with van der Waals surface area (Å²) < 4.78 is 0. The van der Waals surface area contributed by atoms with Crippen LogP contribution in [0.5, 0.6) is 0 Å². The molecule has 2 fully saturated rings. The number of amides is 1. The molecule has 0 aromatic rings. The van der Waals surface area contributed by atoms with Gasteiger partial charge in [-0.15, -0.1) is 0 Å². The van der Waals surface area contributed by atoms with Gasteiger partial charge in [0, 0.05) is 20.1 Å². The molecule has 0 bridgehead atoms. The van der Waals surface area contributed by atoms with E-state index in [0.717, 1.165) is 25.9 Å². The van der Waals surface area contributed by atoms with Crippen molar-refractivity contribution in [2.24, 2.45) is 10.8 Å². The van der Waals surface area contributed by atoms with Gasteiger partial charge in [0.25, 0.3) is 0 Å². The van der Waals surface area contributed by atoms with Crippen molar-refractivity contribution >= 4 is 11.9 Å². The van der Waals surface area contributed by atoms with E-state index in [2.05, 4.69) is 10.4 Å². The lowest BCUT2D eigenvalue weighted by Gasteiger charge is -2.34. The third-order valence-electron chi connectivity index (χ3n) is 3.77. The van der Waals surface area contributed by atoms with Crippen LogP contribution >= 0.6 is 0 Å². The summed E-state index contributed by atoms with van der Waals surface area (Å²) in [5.74, 6) is 6.34. The third-order valence-corrected chi connectivity index (χ3v) is 3.77. The van der Waals surface area contributed by atoms with E-state index >= 15 is 0 Å². The van der Waals surface area contributed by atoms with Crippen molar-refractivity contribution < 1.29 is 4.79 Å². The van der Waals surface area contributed by atoms with Crippen molar-refractivity contribution in [1.29, 1.82) is 0 Å². The van der Waals surface area contributed by atoms with Crippen LogP contribution in [0, 0.1) is 0 Å². The van der Waals surface area contributed by atoms with Gasteiger partial charge in [-0.2, -0.15) is 0 Å². The Balaban J connectivity index is 1.99. The Kier molecular flexibility index (Phi) is 4.41. The van der Waals surface area contributed by atoms with Gasteiger partial charge >= 0.3 is 0 Å². The smallest absolute Gasteiger partial charge is 0.242 e. The first kappa shape index (κ1) is 13.1. The standard InChI is InChI=1S/C12H23N5O/c1-16-7-8-17(9-11(16)18)12(15-13)14-10-5-3-2-4-6-10/h10H,2-9,13H2,1H3,(H,14,15). The summed E-state index contributed by atoms with van der Waals surface area (Å²) in [4.78, 5) is 20.0. The maximum Gasteiger partial charge on any atom is 0.242 e. The van der Waals surface area contributed by atoms with Gasteiger partial charge in [0.1, 0.15) is 0 Å². The highest BCUT2D eigenvalue weighted by Crippen LogP contribution is 2.20. The Bertz CT molecular complexity index is 324. The molecule has 6 heteroatoms. The molecule has 1 amide bonds. The van der Waals surface area contributed by atoms with E-state index in [0.29, 0.717) is 18.5 Å². The summed E-state index contributed by atoms with van der Waals surface area (Å²) in [5, 5.41) is 0. The summed E-state index contributed by atoms with van der Waals surface area (Å²) in [7, 11) is 1.83. The first-order chi connectivity index (χ1) is 8.70. The molecule has 0 spiro atoms. The van der Waals surface area contributed by atoms with Crippen molar-refractivity contribution in [3.8, 4) is 0 Å². The number of hydrogen-bond acceptors (Lipinski definition) is 3. The normalized spacial score (nSPS) is 23.4. The van der Waals surface area contributed by atoms with Gasteiger partial charge in [-0.05, 0) is 12.8 Å².